The minimum absolute atomic E-state index is 0.122. The van der Waals surface area contributed by atoms with Gasteiger partial charge in [-0.25, -0.2) is 9.78 Å². The van der Waals surface area contributed by atoms with Crippen LogP contribution in [0.2, 0.25) is 0 Å². The fourth-order valence-corrected chi connectivity index (χ4v) is 3.17. The van der Waals surface area contributed by atoms with Gasteiger partial charge in [0.2, 0.25) is 0 Å². The molecule has 3 N–H and O–H groups in total. The number of aliphatic hydroxyl groups is 1. The summed E-state index contributed by atoms with van der Waals surface area (Å²) >= 11 is 1.62. The zero-order chi connectivity index (χ0) is 16.9. The number of hydrogen-bond acceptors (Lipinski definition) is 4. The Kier molecular flexibility index (Phi) is 6.81. The van der Waals surface area contributed by atoms with Gasteiger partial charge >= 0.3 is 6.03 Å². The number of aromatic nitrogens is 1. The molecule has 1 aromatic rings. The van der Waals surface area contributed by atoms with Crippen molar-refractivity contribution in [3.05, 3.63) is 16.1 Å². The summed E-state index contributed by atoms with van der Waals surface area (Å²) < 4.78 is 0. The maximum Gasteiger partial charge on any atom is 0.315 e. The van der Waals surface area contributed by atoms with Crippen molar-refractivity contribution < 1.29 is 9.90 Å². The van der Waals surface area contributed by atoms with Gasteiger partial charge in [0.05, 0.1) is 12.1 Å². The molecule has 2 amide bonds. The normalized spacial score (nSPS) is 14.7. The van der Waals surface area contributed by atoms with Crippen LogP contribution >= 0.6 is 11.3 Å². The smallest absolute Gasteiger partial charge is 0.315 e. The average Bonchev–Trinajstić information content (AvgIpc) is 2.93. The van der Waals surface area contributed by atoms with Gasteiger partial charge in [-0.1, -0.05) is 34.6 Å². The number of aryl methyl sites for hydroxylation is 1. The number of carbonyl (C=O) groups excluding carboxylic acids is 1. The van der Waals surface area contributed by atoms with Gasteiger partial charge in [-0.3, -0.25) is 0 Å². The Morgan fingerprint density at radius 2 is 2.05 bits per heavy atom. The highest BCUT2D eigenvalue weighted by Crippen LogP contribution is 2.25. The molecule has 0 bridgehead atoms. The van der Waals surface area contributed by atoms with Gasteiger partial charge in [0.1, 0.15) is 5.01 Å². The average molecular weight is 327 g/mol. The van der Waals surface area contributed by atoms with E-state index in [2.05, 4.69) is 22.5 Å². The SMILES string of the molecule is CCc1cnc(C(C)NC(=O)NCC(C)(C)C(O)C(C)C)s1. The van der Waals surface area contributed by atoms with Crippen LogP contribution in [0.15, 0.2) is 6.20 Å². The number of aliphatic hydroxyl groups excluding tert-OH is 1. The molecule has 1 aromatic heterocycles. The van der Waals surface area contributed by atoms with Crippen molar-refractivity contribution in [2.24, 2.45) is 11.3 Å². The van der Waals surface area contributed by atoms with Gasteiger partial charge in [0, 0.05) is 23.0 Å². The predicted octanol–water partition coefficient (Wildman–Crippen LogP) is 3.11. The topological polar surface area (TPSA) is 74.2 Å². The molecule has 0 saturated heterocycles. The second kappa shape index (κ2) is 7.92. The molecule has 1 heterocycles. The van der Waals surface area contributed by atoms with Crippen LogP contribution in [0, 0.1) is 11.3 Å². The van der Waals surface area contributed by atoms with E-state index in [1.54, 1.807) is 11.3 Å². The lowest BCUT2D eigenvalue weighted by atomic mass is 9.81. The number of nitrogens with zero attached hydrogens (tertiary/aromatic N) is 1. The second-order valence-corrected chi connectivity index (χ2v) is 7.89. The minimum atomic E-state index is -0.462. The summed E-state index contributed by atoms with van der Waals surface area (Å²) in [5.41, 5.74) is -0.370. The molecule has 126 valence electrons. The molecule has 22 heavy (non-hydrogen) atoms. The van der Waals surface area contributed by atoms with E-state index in [9.17, 15) is 9.90 Å². The lowest BCUT2D eigenvalue weighted by molar-refractivity contribution is 0.0151. The Balaban J connectivity index is 2.49. The van der Waals surface area contributed by atoms with Crippen LogP contribution < -0.4 is 10.6 Å². The number of amides is 2. The van der Waals surface area contributed by atoms with Crippen molar-refractivity contribution in [3.8, 4) is 0 Å². The van der Waals surface area contributed by atoms with Crippen molar-refractivity contribution in [3.63, 3.8) is 0 Å². The van der Waals surface area contributed by atoms with E-state index >= 15 is 0 Å². The zero-order valence-electron chi connectivity index (χ0n) is 14.4. The number of hydrogen-bond donors (Lipinski definition) is 3. The van der Waals surface area contributed by atoms with Crippen LogP contribution in [0.3, 0.4) is 0 Å². The van der Waals surface area contributed by atoms with E-state index in [-0.39, 0.29) is 23.4 Å². The first kappa shape index (κ1) is 18.9. The van der Waals surface area contributed by atoms with E-state index in [4.69, 9.17) is 0 Å². The summed E-state index contributed by atoms with van der Waals surface area (Å²) in [6.45, 7) is 12.3. The summed E-state index contributed by atoms with van der Waals surface area (Å²) in [4.78, 5) is 17.6. The molecule has 1 rings (SSSR count). The minimum Gasteiger partial charge on any atom is -0.392 e. The van der Waals surface area contributed by atoms with E-state index < -0.39 is 6.10 Å². The summed E-state index contributed by atoms with van der Waals surface area (Å²) in [6.07, 6.45) is 2.35. The van der Waals surface area contributed by atoms with Gasteiger partial charge in [0.25, 0.3) is 0 Å². The third-order valence-corrected chi connectivity index (χ3v) is 5.10. The maximum absolute atomic E-state index is 12.0. The number of urea groups is 1. The van der Waals surface area contributed by atoms with E-state index in [0.29, 0.717) is 6.54 Å². The van der Waals surface area contributed by atoms with Crippen LogP contribution in [0.5, 0.6) is 0 Å². The van der Waals surface area contributed by atoms with Gasteiger partial charge in [-0.05, 0) is 19.3 Å². The Morgan fingerprint density at radius 1 is 1.41 bits per heavy atom. The third-order valence-electron chi connectivity index (χ3n) is 3.77. The number of thiazole rings is 1. The summed E-state index contributed by atoms with van der Waals surface area (Å²) in [5.74, 6) is 0.154. The Bertz CT molecular complexity index is 485. The Morgan fingerprint density at radius 3 is 2.55 bits per heavy atom. The first-order chi connectivity index (χ1) is 10.2. The summed E-state index contributed by atoms with van der Waals surface area (Å²) in [6, 6.07) is -0.354. The molecule has 0 spiro atoms. The number of rotatable bonds is 7. The largest absolute Gasteiger partial charge is 0.392 e. The van der Waals surface area contributed by atoms with Crippen molar-refractivity contribution in [2.45, 2.75) is 60.1 Å². The molecule has 0 saturated carbocycles. The second-order valence-electron chi connectivity index (χ2n) is 6.74. The molecular formula is C16H29N3O2S. The molecule has 2 unspecified atom stereocenters. The maximum atomic E-state index is 12.0. The highest BCUT2D eigenvalue weighted by Gasteiger charge is 2.30. The van der Waals surface area contributed by atoms with Crippen molar-refractivity contribution in [2.75, 3.05) is 6.54 Å². The molecule has 0 radical (unpaired) electrons. The molecule has 2 atom stereocenters. The molecular weight excluding hydrogens is 298 g/mol. The highest BCUT2D eigenvalue weighted by atomic mass is 32.1. The Labute approximate surface area is 137 Å². The summed E-state index contributed by atoms with van der Waals surface area (Å²) in [5, 5.41) is 16.8. The van der Waals surface area contributed by atoms with E-state index in [1.807, 2.05) is 40.8 Å². The van der Waals surface area contributed by atoms with Crippen molar-refractivity contribution in [1.82, 2.24) is 15.6 Å². The highest BCUT2D eigenvalue weighted by molar-refractivity contribution is 7.11. The molecule has 0 fully saturated rings. The third kappa shape index (κ3) is 5.25. The molecule has 0 aliphatic heterocycles. The van der Waals surface area contributed by atoms with E-state index in [0.717, 1.165) is 11.4 Å². The monoisotopic (exact) mass is 327 g/mol. The van der Waals surface area contributed by atoms with Gasteiger partial charge in [-0.2, -0.15) is 0 Å². The quantitative estimate of drug-likeness (QED) is 0.720. The van der Waals surface area contributed by atoms with Gasteiger partial charge in [0.15, 0.2) is 0 Å². The van der Waals surface area contributed by atoms with E-state index in [1.165, 1.54) is 4.88 Å². The predicted molar refractivity (Wildman–Crippen MR) is 91.1 cm³/mol. The van der Waals surface area contributed by atoms with Gasteiger partial charge in [-0.15, -0.1) is 11.3 Å². The standard InChI is InChI=1S/C16H29N3O2S/c1-7-12-8-17-14(22-12)11(4)19-15(21)18-9-16(5,6)13(20)10(2)3/h8,10-11,13,20H,7,9H2,1-6H3,(H2,18,19,21). The fourth-order valence-electron chi connectivity index (χ4n) is 2.31. The summed E-state index contributed by atoms with van der Waals surface area (Å²) in [7, 11) is 0. The molecule has 0 aliphatic rings. The molecule has 6 heteroatoms. The lowest BCUT2D eigenvalue weighted by Gasteiger charge is -2.33. The zero-order valence-corrected chi connectivity index (χ0v) is 15.3. The molecule has 0 aliphatic carbocycles. The molecule has 0 aromatic carbocycles. The van der Waals surface area contributed by atoms with Gasteiger partial charge < -0.3 is 15.7 Å². The number of carbonyl (C=O) groups is 1. The van der Waals surface area contributed by atoms with Crippen molar-refractivity contribution in [1.29, 1.82) is 0 Å². The fraction of sp³-hybridized carbons (Fsp3) is 0.750. The van der Waals surface area contributed by atoms with Crippen molar-refractivity contribution >= 4 is 17.4 Å². The number of nitrogens with one attached hydrogen (secondary N) is 2. The van der Waals surface area contributed by atoms with Crippen LogP contribution in [0.25, 0.3) is 0 Å². The van der Waals surface area contributed by atoms with Crippen LogP contribution in [0.4, 0.5) is 4.79 Å². The Hall–Kier alpha value is -1.14. The first-order valence-corrected chi connectivity index (χ1v) is 8.66. The van der Waals surface area contributed by atoms with Crippen LogP contribution in [-0.2, 0) is 6.42 Å². The lowest BCUT2D eigenvalue weighted by Crippen LogP contribution is -2.46. The van der Waals surface area contributed by atoms with Crippen LogP contribution in [0.1, 0.15) is 57.5 Å². The van der Waals surface area contributed by atoms with Crippen LogP contribution in [-0.4, -0.2) is 28.8 Å². The molecule has 5 nitrogen and oxygen atoms in total. The first-order valence-electron chi connectivity index (χ1n) is 7.84.